The van der Waals surface area contributed by atoms with Crippen molar-refractivity contribution in [3.05, 3.63) is 41.7 Å². The summed E-state index contributed by atoms with van der Waals surface area (Å²) in [7, 11) is 1.65. The second kappa shape index (κ2) is 8.55. The summed E-state index contributed by atoms with van der Waals surface area (Å²) in [6.07, 6.45) is 1.65. The Morgan fingerprint density at radius 1 is 1.41 bits per heavy atom. The molecule has 1 aromatic heterocycles. The van der Waals surface area contributed by atoms with Gasteiger partial charge in [0.1, 0.15) is 6.33 Å². The topological polar surface area (TPSA) is 69.0 Å². The predicted molar refractivity (Wildman–Crippen MR) is 85.6 cm³/mol. The number of ether oxygens (including phenoxy) is 1. The van der Waals surface area contributed by atoms with Crippen LogP contribution in [0.25, 0.3) is 0 Å². The molecule has 0 atom stereocenters. The Kier molecular flexibility index (Phi) is 6.42. The number of aromatic nitrogens is 3. The molecule has 0 aliphatic carbocycles. The standard InChI is InChI=1S/C15H20N4O2S/c1-12-5-3-4-6-13(12)9-16-14(20)10-22-15-18-17-11-19(15)7-8-21-2/h3-6,11H,7-10H2,1-2H3,(H,16,20). The lowest BCUT2D eigenvalue weighted by Gasteiger charge is -2.08. The Labute approximate surface area is 134 Å². The largest absolute Gasteiger partial charge is 0.383 e. The van der Waals surface area contributed by atoms with Crippen LogP contribution in [0.15, 0.2) is 35.7 Å². The van der Waals surface area contributed by atoms with Crippen LogP contribution >= 0.6 is 11.8 Å². The van der Waals surface area contributed by atoms with Gasteiger partial charge < -0.3 is 14.6 Å². The molecule has 0 saturated heterocycles. The lowest BCUT2D eigenvalue weighted by atomic mass is 10.1. The van der Waals surface area contributed by atoms with E-state index < -0.39 is 0 Å². The quantitative estimate of drug-likeness (QED) is 0.749. The van der Waals surface area contributed by atoms with Crippen LogP contribution in [0.1, 0.15) is 11.1 Å². The number of amides is 1. The van der Waals surface area contributed by atoms with E-state index in [0.29, 0.717) is 25.4 Å². The Hall–Kier alpha value is -1.86. The van der Waals surface area contributed by atoms with Crippen molar-refractivity contribution in [2.45, 2.75) is 25.2 Å². The summed E-state index contributed by atoms with van der Waals surface area (Å²) in [6, 6.07) is 8.02. The van der Waals surface area contributed by atoms with Gasteiger partial charge in [0.2, 0.25) is 5.91 Å². The maximum absolute atomic E-state index is 11.9. The number of thioether (sulfide) groups is 1. The first-order valence-electron chi connectivity index (χ1n) is 7.01. The Bertz CT molecular complexity index is 615. The molecular weight excluding hydrogens is 300 g/mol. The van der Waals surface area contributed by atoms with Crippen LogP contribution in [0.2, 0.25) is 0 Å². The minimum atomic E-state index is -0.0189. The van der Waals surface area contributed by atoms with Crippen molar-refractivity contribution in [1.82, 2.24) is 20.1 Å². The summed E-state index contributed by atoms with van der Waals surface area (Å²) in [5, 5.41) is 11.5. The fraction of sp³-hybridized carbons (Fsp3) is 0.400. The van der Waals surface area contributed by atoms with E-state index in [-0.39, 0.29) is 5.91 Å². The van der Waals surface area contributed by atoms with E-state index in [4.69, 9.17) is 4.74 Å². The van der Waals surface area contributed by atoms with Gasteiger partial charge in [0.05, 0.1) is 12.4 Å². The number of carbonyl (C=O) groups is 1. The number of nitrogens with one attached hydrogen (secondary N) is 1. The molecule has 0 radical (unpaired) electrons. The average molecular weight is 320 g/mol. The van der Waals surface area contributed by atoms with E-state index in [2.05, 4.69) is 15.5 Å². The zero-order chi connectivity index (χ0) is 15.8. The van der Waals surface area contributed by atoms with Gasteiger partial charge in [-0.3, -0.25) is 4.79 Å². The highest BCUT2D eigenvalue weighted by molar-refractivity contribution is 7.99. The highest BCUT2D eigenvalue weighted by Crippen LogP contribution is 2.14. The van der Waals surface area contributed by atoms with Crippen LogP contribution in [0.4, 0.5) is 0 Å². The van der Waals surface area contributed by atoms with Crippen LogP contribution < -0.4 is 5.32 Å². The monoisotopic (exact) mass is 320 g/mol. The van der Waals surface area contributed by atoms with Crippen molar-refractivity contribution in [2.24, 2.45) is 0 Å². The molecule has 1 aromatic carbocycles. The molecule has 1 N–H and O–H groups in total. The van der Waals surface area contributed by atoms with Crippen LogP contribution in [0.5, 0.6) is 0 Å². The highest BCUT2D eigenvalue weighted by atomic mass is 32.2. The molecular formula is C15H20N4O2S. The third-order valence-electron chi connectivity index (χ3n) is 3.19. The SMILES string of the molecule is COCCn1cnnc1SCC(=O)NCc1ccccc1C. The van der Waals surface area contributed by atoms with E-state index in [9.17, 15) is 4.79 Å². The minimum absolute atomic E-state index is 0.0189. The van der Waals surface area contributed by atoms with Crippen molar-refractivity contribution in [3.8, 4) is 0 Å². The minimum Gasteiger partial charge on any atom is -0.383 e. The first-order chi connectivity index (χ1) is 10.7. The van der Waals surface area contributed by atoms with Gasteiger partial charge in [0.25, 0.3) is 0 Å². The molecule has 1 amide bonds. The van der Waals surface area contributed by atoms with Gasteiger partial charge >= 0.3 is 0 Å². The molecule has 0 unspecified atom stereocenters. The lowest BCUT2D eigenvalue weighted by molar-refractivity contribution is -0.118. The number of rotatable bonds is 8. The van der Waals surface area contributed by atoms with Gasteiger partial charge in [0.15, 0.2) is 5.16 Å². The molecule has 0 saturated carbocycles. The first kappa shape index (κ1) is 16.5. The predicted octanol–water partition coefficient (Wildman–Crippen LogP) is 1.64. The van der Waals surface area contributed by atoms with Gasteiger partial charge in [-0.05, 0) is 18.1 Å². The molecule has 0 bridgehead atoms. The van der Waals surface area contributed by atoms with E-state index >= 15 is 0 Å². The molecule has 6 nitrogen and oxygen atoms in total. The highest BCUT2D eigenvalue weighted by Gasteiger charge is 2.09. The van der Waals surface area contributed by atoms with E-state index in [1.165, 1.54) is 17.3 Å². The number of methoxy groups -OCH3 is 1. The zero-order valence-electron chi connectivity index (χ0n) is 12.8. The molecule has 0 spiro atoms. The molecule has 2 rings (SSSR count). The molecule has 0 aliphatic heterocycles. The summed E-state index contributed by atoms with van der Waals surface area (Å²) < 4.78 is 6.91. The second-order valence-electron chi connectivity index (χ2n) is 4.79. The van der Waals surface area contributed by atoms with E-state index in [0.717, 1.165) is 10.7 Å². The van der Waals surface area contributed by atoms with Crippen LogP contribution in [-0.2, 0) is 22.6 Å². The van der Waals surface area contributed by atoms with Crippen molar-refractivity contribution < 1.29 is 9.53 Å². The third kappa shape index (κ3) is 4.85. The number of hydrogen-bond acceptors (Lipinski definition) is 5. The molecule has 118 valence electrons. The number of carbonyl (C=O) groups excluding carboxylic acids is 1. The molecule has 22 heavy (non-hydrogen) atoms. The van der Waals surface area contributed by atoms with Crippen molar-refractivity contribution in [2.75, 3.05) is 19.5 Å². The molecule has 2 aromatic rings. The zero-order valence-corrected chi connectivity index (χ0v) is 13.6. The number of nitrogens with zero attached hydrogens (tertiary/aromatic N) is 3. The van der Waals surface area contributed by atoms with Crippen molar-refractivity contribution >= 4 is 17.7 Å². The normalized spacial score (nSPS) is 10.6. The van der Waals surface area contributed by atoms with Gasteiger partial charge in [-0.2, -0.15) is 0 Å². The fourth-order valence-electron chi connectivity index (χ4n) is 1.88. The van der Waals surface area contributed by atoms with Gasteiger partial charge in [-0.15, -0.1) is 10.2 Å². The Balaban J connectivity index is 1.78. The maximum Gasteiger partial charge on any atom is 0.230 e. The summed E-state index contributed by atoms with van der Waals surface area (Å²) in [4.78, 5) is 11.9. The second-order valence-corrected chi connectivity index (χ2v) is 5.73. The summed E-state index contributed by atoms with van der Waals surface area (Å²) in [5.41, 5.74) is 2.30. The van der Waals surface area contributed by atoms with Gasteiger partial charge in [0, 0.05) is 20.2 Å². The summed E-state index contributed by atoms with van der Waals surface area (Å²) in [5.74, 6) is 0.298. The molecule has 1 heterocycles. The molecule has 0 fully saturated rings. The first-order valence-corrected chi connectivity index (χ1v) is 8.00. The third-order valence-corrected chi connectivity index (χ3v) is 4.17. The average Bonchev–Trinajstić information content (AvgIpc) is 2.97. The van der Waals surface area contributed by atoms with Gasteiger partial charge in [-0.25, -0.2) is 0 Å². The lowest BCUT2D eigenvalue weighted by Crippen LogP contribution is -2.25. The Morgan fingerprint density at radius 2 is 2.23 bits per heavy atom. The van der Waals surface area contributed by atoms with Crippen LogP contribution in [0, 0.1) is 6.92 Å². The number of aryl methyl sites for hydroxylation is 1. The van der Waals surface area contributed by atoms with Crippen LogP contribution in [-0.4, -0.2) is 40.1 Å². The van der Waals surface area contributed by atoms with E-state index in [1.54, 1.807) is 13.4 Å². The van der Waals surface area contributed by atoms with Crippen molar-refractivity contribution in [1.29, 1.82) is 0 Å². The fourth-order valence-corrected chi connectivity index (χ4v) is 2.65. The van der Waals surface area contributed by atoms with E-state index in [1.807, 2.05) is 35.8 Å². The summed E-state index contributed by atoms with van der Waals surface area (Å²) >= 11 is 1.37. The van der Waals surface area contributed by atoms with Gasteiger partial charge in [-0.1, -0.05) is 36.0 Å². The molecule has 0 aliphatic rings. The van der Waals surface area contributed by atoms with Crippen molar-refractivity contribution in [3.63, 3.8) is 0 Å². The summed E-state index contributed by atoms with van der Waals surface area (Å²) in [6.45, 7) is 3.85. The number of benzene rings is 1. The van der Waals surface area contributed by atoms with Crippen LogP contribution in [0.3, 0.4) is 0 Å². The number of hydrogen-bond donors (Lipinski definition) is 1. The molecule has 7 heteroatoms. The smallest absolute Gasteiger partial charge is 0.230 e. The Morgan fingerprint density at radius 3 is 3.00 bits per heavy atom. The maximum atomic E-state index is 11.9.